The third-order valence-corrected chi connectivity index (χ3v) is 10.2. The van der Waals surface area contributed by atoms with Crippen LogP contribution in [0, 0.1) is 9.39 Å². The van der Waals surface area contributed by atoms with E-state index in [2.05, 4.69) is 22.6 Å². The lowest BCUT2D eigenvalue weighted by atomic mass is 9.93. The second-order valence-electron chi connectivity index (χ2n) is 10.7. The number of nitrogens with zero attached hydrogens (tertiary/aromatic N) is 2. The summed E-state index contributed by atoms with van der Waals surface area (Å²) in [5, 5.41) is 0. The highest BCUT2D eigenvalue weighted by Crippen LogP contribution is 2.37. The number of hydrogen-bond donors (Lipinski definition) is 0. The van der Waals surface area contributed by atoms with Crippen LogP contribution < -0.4 is 24.4 Å². The van der Waals surface area contributed by atoms with Crippen molar-refractivity contribution in [3.05, 3.63) is 148 Å². The van der Waals surface area contributed by atoms with E-state index in [1.807, 2.05) is 66.9 Å². The van der Waals surface area contributed by atoms with Crippen LogP contribution >= 0.6 is 45.7 Å². The van der Waals surface area contributed by atoms with Crippen molar-refractivity contribution in [2.24, 2.45) is 4.99 Å². The second kappa shape index (κ2) is 14.9. The van der Waals surface area contributed by atoms with E-state index < -0.39 is 12.0 Å². The minimum absolute atomic E-state index is 0.178. The number of rotatable bonds is 10. The highest BCUT2D eigenvalue weighted by molar-refractivity contribution is 14.1. The molecular weight excluding hydrogens is 762 g/mol. The predicted molar refractivity (Wildman–Crippen MR) is 196 cm³/mol. The van der Waals surface area contributed by atoms with Crippen molar-refractivity contribution in [2.75, 3.05) is 20.0 Å². The van der Waals surface area contributed by atoms with Gasteiger partial charge in [-0.2, -0.15) is 0 Å². The van der Waals surface area contributed by atoms with Crippen molar-refractivity contribution >= 4 is 63.4 Å². The van der Waals surface area contributed by atoms with Crippen LogP contribution in [-0.4, -0.2) is 30.5 Å². The zero-order valence-corrected chi connectivity index (χ0v) is 30.0. The van der Waals surface area contributed by atoms with Gasteiger partial charge in [-0.1, -0.05) is 65.9 Å². The normalized spacial score (nSPS) is 14.4. The summed E-state index contributed by atoms with van der Waals surface area (Å²) in [6, 6.07) is 26.4. The smallest absolute Gasteiger partial charge is 0.338 e. The molecule has 0 spiro atoms. The van der Waals surface area contributed by atoms with E-state index in [-0.39, 0.29) is 24.6 Å². The van der Waals surface area contributed by atoms with Gasteiger partial charge in [0.25, 0.3) is 5.56 Å². The van der Waals surface area contributed by atoms with Crippen molar-refractivity contribution in [3.8, 4) is 11.5 Å². The van der Waals surface area contributed by atoms with Gasteiger partial charge in [-0.3, -0.25) is 9.36 Å². The zero-order valence-electron chi connectivity index (χ0n) is 26.2. The van der Waals surface area contributed by atoms with Crippen molar-refractivity contribution in [1.29, 1.82) is 0 Å². The first kappa shape index (κ1) is 33.7. The molecule has 48 heavy (non-hydrogen) atoms. The average molecular weight is 793 g/mol. The first-order valence-corrected chi connectivity index (χ1v) is 18.1. The molecule has 0 aliphatic carbocycles. The van der Waals surface area contributed by atoms with Gasteiger partial charge in [0.15, 0.2) is 16.3 Å². The van der Waals surface area contributed by atoms with E-state index in [4.69, 9.17) is 19.2 Å². The summed E-state index contributed by atoms with van der Waals surface area (Å²) in [5.74, 6) is 0.199. The first-order valence-electron chi connectivity index (χ1n) is 15.0. The van der Waals surface area contributed by atoms with Gasteiger partial charge in [-0.15, -0.1) is 11.8 Å². The van der Waals surface area contributed by atoms with E-state index in [1.54, 1.807) is 54.6 Å². The van der Waals surface area contributed by atoms with Gasteiger partial charge in [0.1, 0.15) is 12.4 Å². The molecule has 6 rings (SSSR count). The molecule has 0 amide bonds. The number of carbonyl (C=O) groups is 1. The van der Waals surface area contributed by atoms with Crippen molar-refractivity contribution in [1.82, 2.24) is 4.57 Å². The molecule has 1 aliphatic heterocycles. The summed E-state index contributed by atoms with van der Waals surface area (Å²) in [5.41, 5.74) is 3.55. The Balaban J connectivity index is 1.49. The molecule has 0 N–H and O–H groups in total. The minimum Gasteiger partial charge on any atom is -0.493 e. The van der Waals surface area contributed by atoms with E-state index >= 15 is 0 Å². The van der Waals surface area contributed by atoms with Gasteiger partial charge < -0.3 is 14.2 Å². The number of methoxy groups -OCH3 is 1. The Morgan fingerprint density at radius 1 is 1.06 bits per heavy atom. The molecule has 7 nitrogen and oxygen atoms in total. The van der Waals surface area contributed by atoms with Crippen molar-refractivity contribution in [2.45, 2.75) is 24.5 Å². The monoisotopic (exact) mass is 792 g/mol. The Morgan fingerprint density at radius 2 is 1.79 bits per heavy atom. The predicted octanol–water partition coefficient (Wildman–Crippen LogP) is 6.99. The van der Waals surface area contributed by atoms with Crippen molar-refractivity contribution in [3.63, 3.8) is 0 Å². The second-order valence-corrected chi connectivity index (χ2v) is 13.7. The lowest BCUT2D eigenvalue weighted by Gasteiger charge is -2.26. The number of esters is 1. The maximum absolute atomic E-state index is 14.3. The van der Waals surface area contributed by atoms with E-state index in [0.717, 1.165) is 30.7 Å². The Morgan fingerprint density at radius 3 is 2.46 bits per heavy atom. The number of hydrogen-bond acceptors (Lipinski definition) is 8. The number of ether oxygens (including phenoxy) is 3. The van der Waals surface area contributed by atoms with Crippen LogP contribution in [0.4, 0.5) is 4.39 Å². The minimum atomic E-state index is -0.759. The summed E-state index contributed by atoms with van der Waals surface area (Å²) in [7, 11) is 1.55. The van der Waals surface area contributed by atoms with E-state index in [1.165, 1.54) is 23.5 Å². The molecule has 0 saturated heterocycles. The van der Waals surface area contributed by atoms with Gasteiger partial charge in [-0.25, -0.2) is 14.2 Å². The molecule has 5 aromatic rings. The lowest BCUT2D eigenvalue weighted by Crippen LogP contribution is -2.40. The summed E-state index contributed by atoms with van der Waals surface area (Å²) < 4.78 is 33.5. The Labute approximate surface area is 298 Å². The topological polar surface area (TPSA) is 79.1 Å². The number of fused-ring (bicyclic) bond motifs is 1. The number of carbonyl (C=O) groups excluding carboxylic acids is 1. The maximum Gasteiger partial charge on any atom is 0.338 e. The third kappa shape index (κ3) is 6.99. The van der Waals surface area contributed by atoms with Crippen LogP contribution in [0.5, 0.6) is 11.5 Å². The molecule has 2 heterocycles. The van der Waals surface area contributed by atoms with Crippen LogP contribution in [-0.2, 0) is 16.1 Å². The number of thiazole rings is 1. The SMILES string of the molecule is CCOC(=O)C1=C(c2ccccc2)N=c2s/c(=C\c3cc(I)c(OCc4ccc(F)cc4)c(OC)c3)c(=O)n2[C@H]1c1ccc(SC)cc1. The molecule has 4 aromatic carbocycles. The fourth-order valence-corrected chi connectivity index (χ4v) is 7.58. The molecule has 0 bridgehead atoms. The molecule has 1 aromatic heterocycles. The molecule has 0 radical (unpaired) electrons. The van der Waals surface area contributed by atoms with Gasteiger partial charge in [0, 0.05) is 10.5 Å². The summed E-state index contributed by atoms with van der Waals surface area (Å²) in [6.07, 6.45) is 3.79. The number of benzene rings is 4. The fraction of sp³-hybridized carbons (Fsp3) is 0.162. The van der Waals surface area contributed by atoms with Crippen molar-refractivity contribution < 1.29 is 23.4 Å². The highest BCUT2D eigenvalue weighted by Gasteiger charge is 2.35. The summed E-state index contributed by atoms with van der Waals surface area (Å²) in [6.45, 7) is 2.17. The number of thioether (sulfide) groups is 1. The van der Waals surface area contributed by atoms with Gasteiger partial charge in [-0.05, 0) is 94.9 Å². The molecule has 0 saturated carbocycles. The lowest BCUT2D eigenvalue weighted by molar-refractivity contribution is -0.138. The molecule has 1 atom stereocenters. The van der Waals surface area contributed by atoms with Crippen LogP contribution in [0.25, 0.3) is 11.8 Å². The Bertz CT molecular complexity index is 2180. The third-order valence-electron chi connectivity index (χ3n) is 7.65. The molecule has 244 valence electrons. The highest BCUT2D eigenvalue weighted by atomic mass is 127. The van der Waals surface area contributed by atoms with E-state index in [9.17, 15) is 14.0 Å². The molecule has 1 aliphatic rings. The number of halogens is 2. The van der Waals surface area contributed by atoms with E-state index in [0.29, 0.717) is 32.1 Å². The first-order chi connectivity index (χ1) is 23.3. The summed E-state index contributed by atoms with van der Waals surface area (Å²) in [4.78, 5) is 34.5. The fourth-order valence-electron chi connectivity index (χ4n) is 5.39. The average Bonchev–Trinajstić information content (AvgIpc) is 3.41. The number of aromatic nitrogens is 1. The Hall–Kier alpha value is -4.20. The van der Waals surface area contributed by atoms with Gasteiger partial charge in [0.2, 0.25) is 0 Å². The molecule has 11 heteroatoms. The zero-order chi connectivity index (χ0) is 33.8. The van der Waals surface area contributed by atoms with Crippen LogP contribution in [0.15, 0.2) is 111 Å². The molecule has 0 unspecified atom stereocenters. The summed E-state index contributed by atoms with van der Waals surface area (Å²) >= 11 is 5.04. The molecule has 0 fully saturated rings. The van der Waals surface area contributed by atoms with Crippen LogP contribution in [0.3, 0.4) is 0 Å². The van der Waals surface area contributed by atoms with Crippen LogP contribution in [0.1, 0.15) is 35.2 Å². The quantitative estimate of drug-likeness (QED) is 0.0863. The van der Waals surface area contributed by atoms with Crippen LogP contribution in [0.2, 0.25) is 0 Å². The maximum atomic E-state index is 14.3. The standard InChI is InChI=1S/C37H30FIN2O5S2/c1-4-45-36(43)31-32(24-8-6-5-7-9-24)40-37-41(33(31)25-12-16-27(47-3)17-13-25)35(42)30(48-37)20-23-18-28(39)34(29(19-23)44-2)46-21-22-10-14-26(38)15-11-22/h5-20,33H,4,21H2,1-3H3/b30-20-/t33-/m0/s1. The van der Waals surface area contributed by atoms with Gasteiger partial charge >= 0.3 is 5.97 Å². The van der Waals surface area contributed by atoms with Gasteiger partial charge in [0.05, 0.1) is 39.1 Å². The Kier molecular flexibility index (Phi) is 10.5. The largest absolute Gasteiger partial charge is 0.493 e. The molecular formula is C37H30FIN2O5S2.